The number of alkyl halides is 3. The summed E-state index contributed by atoms with van der Waals surface area (Å²) in [4.78, 5) is 10.2. The summed E-state index contributed by atoms with van der Waals surface area (Å²) in [5, 5.41) is 7.51. The van der Waals surface area contributed by atoms with E-state index in [4.69, 9.17) is 5.26 Å². The highest BCUT2D eigenvalue weighted by atomic mass is 79.9. The Morgan fingerprint density at radius 1 is 1.23 bits per heavy atom. The van der Waals surface area contributed by atoms with Gasteiger partial charge in [0.1, 0.15) is 0 Å². The third kappa shape index (κ3) is 21.4. The quantitative estimate of drug-likeness (QED) is 0.317. The molecule has 26 heavy (non-hydrogen) atoms. The fraction of sp³-hybridized carbons (Fsp3) is 0.158. The molecule has 0 amide bonds. The number of halogens is 4. The second-order valence-corrected chi connectivity index (χ2v) is 5.08. The maximum Gasteiger partial charge on any atom is 0.422 e. The van der Waals surface area contributed by atoms with Gasteiger partial charge in [-0.05, 0) is 28.4 Å². The molecule has 3 nitrogen and oxygen atoms in total. The van der Waals surface area contributed by atoms with Crippen LogP contribution in [0.2, 0.25) is 0 Å². The maximum absolute atomic E-state index is 11.0. The molecule has 0 aliphatic carbocycles. The van der Waals surface area contributed by atoms with Gasteiger partial charge in [-0.2, -0.15) is 18.4 Å². The molecule has 0 saturated heterocycles. The van der Waals surface area contributed by atoms with Gasteiger partial charge in [0.15, 0.2) is 0 Å². The Morgan fingerprint density at radius 3 is 1.73 bits per heavy atom. The predicted molar refractivity (Wildman–Crippen MR) is 103 cm³/mol. The van der Waals surface area contributed by atoms with Crippen LogP contribution in [0.4, 0.5) is 13.2 Å². The Balaban J connectivity index is -0.000000279. The minimum atomic E-state index is -4.28. The number of hydrogen-bond acceptors (Lipinski definition) is 3. The molecule has 7 heteroatoms. The van der Waals surface area contributed by atoms with E-state index in [0.29, 0.717) is 5.57 Å². The van der Waals surface area contributed by atoms with Crippen LogP contribution >= 0.6 is 15.9 Å². The normalized spacial score (nSPS) is 8.35. The predicted octanol–water partition coefficient (Wildman–Crippen LogP) is 6.22. The lowest BCUT2D eigenvalue weighted by molar-refractivity contribution is -0.136. The summed E-state index contributed by atoms with van der Waals surface area (Å²) in [5.74, 6) is -0.347. The van der Waals surface area contributed by atoms with E-state index in [0.717, 1.165) is 0 Å². The lowest BCUT2D eigenvalue weighted by Crippen LogP contribution is -2.04. The van der Waals surface area contributed by atoms with Gasteiger partial charge < -0.3 is 4.74 Å². The number of ether oxygens (including phenoxy) is 1. The van der Waals surface area contributed by atoms with Crippen LogP contribution in [-0.4, -0.2) is 19.3 Å². The van der Waals surface area contributed by atoms with Gasteiger partial charge in [0.25, 0.3) is 0 Å². The van der Waals surface area contributed by atoms with Crippen LogP contribution in [0.1, 0.15) is 12.5 Å². The largest absolute Gasteiger partial charge is 0.466 e. The number of carbonyl (C=O) groups is 1. The number of rotatable bonds is 2. The Bertz CT molecular complexity index is 618. The van der Waals surface area contributed by atoms with Crippen LogP contribution in [0.25, 0.3) is 6.08 Å². The number of carbonyl (C=O) groups excluding carboxylic acids is 1. The minimum absolute atomic E-state index is 0.347. The molecule has 0 aliphatic rings. The van der Waals surface area contributed by atoms with Crippen LogP contribution in [0, 0.1) is 11.3 Å². The van der Waals surface area contributed by atoms with Gasteiger partial charge in [0.05, 0.1) is 17.7 Å². The molecular formula is C19H21BrF3NO2. The van der Waals surface area contributed by atoms with Crippen molar-refractivity contribution in [2.24, 2.45) is 0 Å². The van der Waals surface area contributed by atoms with E-state index in [1.165, 1.54) is 18.7 Å². The summed E-state index contributed by atoms with van der Waals surface area (Å²) in [6.07, 6.45) is -1.26. The van der Waals surface area contributed by atoms with E-state index < -0.39 is 10.7 Å². The van der Waals surface area contributed by atoms with Gasteiger partial charge in [-0.25, -0.2) is 4.79 Å². The van der Waals surface area contributed by atoms with Crippen molar-refractivity contribution in [1.29, 1.82) is 5.26 Å². The lowest BCUT2D eigenvalue weighted by atomic mass is 10.2. The third-order valence-electron chi connectivity index (χ3n) is 1.97. The summed E-state index contributed by atoms with van der Waals surface area (Å²) in [6.45, 7) is 14.3. The van der Waals surface area contributed by atoms with Crippen LogP contribution in [0.3, 0.4) is 0 Å². The first-order valence-electron chi connectivity index (χ1n) is 6.81. The summed E-state index contributed by atoms with van der Waals surface area (Å²) < 4.78 is 36.4. The van der Waals surface area contributed by atoms with E-state index in [1.807, 2.05) is 36.4 Å². The molecule has 0 fully saturated rings. The number of allylic oxidation sites excluding steroid dienone is 2. The molecule has 0 saturated carbocycles. The zero-order chi connectivity index (χ0) is 21.2. The first-order valence-corrected chi connectivity index (χ1v) is 7.60. The molecule has 1 aromatic carbocycles. The smallest absolute Gasteiger partial charge is 0.422 e. The Labute approximate surface area is 160 Å². The Morgan fingerprint density at radius 2 is 1.62 bits per heavy atom. The first-order chi connectivity index (χ1) is 12.0. The van der Waals surface area contributed by atoms with Crippen molar-refractivity contribution >= 4 is 28.0 Å². The Kier molecular flexibility index (Phi) is 18.7. The SMILES string of the molecule is C=C(Br)C(F)(F)F.C=C(C)C(=O)OC.C=CC#N.C=Cc1ccccc1. The molecule has 0 aliphatic heterocycles. The second-order valence-electron chi connectivity index (χ2n) is 4.12. The number of nitriles is 1. The molecule has 0 atom stereocenters. The van der Waals surface area contributed by atoms with Crippen LogP contribution < -0.4 is 0 Å². The zero-order valence-corrected chi connectivity index (χ0v) is 16.2. The zero-order valence-electron chi connectivity index (χ0n) is 14.6. The average molecular weight is 432 g/mol. The van der Waals surface area contributed by atoms with E-state index in [1.54, 1.807) is 13.0 Å². The number of hydrogen-bond donors (Lipinski definition) is 0. The molecule has 1 aromatic rings. The van der Waals surface area contributed by atoms with E-state index in [2.05, 4.69) is 47.0 Å². The van der Waals surface area contributed by atoms with Gasteiger partial charge >= 0.3 is 12.1 Å². The standard InChI is InChI=1S/C8H8.C5H8O2.C3H2BrF3.C3H3N/c1-2-8-6-4-3-5-7-8;1-4(2)5(6)7-3;1-2(4)3(5,6)7;1-2-3-4/h2-7H,1H2;1H2,2-3H3;1H2;2H,1H2. The first kappa shape index (κ1) is 28.2. The molecule has 0 heterocycles. The molecule has 1 rings (SSSR count). The number of nitrogens with zero attached hydrogens (tertiary/aromatic N) is 1. The van der Waals surface area contributed by atoms with Crippen LogP contribution in [0.5, 0.6) is 0 Å². The summed E-state index contributed by atoms with van der Waals surface area (Å²) in [7, 11) is 1.33. The molecular weight excluding hydrogens is 411 g/mol. The fourth-order valence-electron chi connectivity index (χ4n) is 0.763. The third-order valence-corrected chi connectivity index (χ3v) is 2.42. The highest BCUT2D eigenvalue weighted by Crippen LogP contribution is 2.27. The minimum Gasteiger partial charge on any atom is -0.466 e. The van der Waals surface area contributed by atoms with Gasteiger partial charge in [0, 0.05) is 11.6 Å². The van der Waals surface area contributed by atoms with Gasteiger partial charge in [-0.3, -0.25) is 0 Å². The Hall–Kier alpha value is -2.59. The fourth-order valence-corrected chi connectivity index (χ4v) is 0.763. The van der Waals surface area contributed by atoms with Crippen LogP contribution in [0.15, 0.2) is 72.8 Å². The molecule has 0 aromatic heterocycles. The van der Waals surface area contributed by atoms with Gasteiger partial charge in [-0.1, -0.05) is 62.7 Å². The highest BCUT2D eigenvalue weighted by molar-refractivity contribution is 9.11. The monoisotopic (exact) mass is 431 g/mol. The molecule has 142 valence electrons. The topological polar surface area (TPSA) is 50.1 Å². The van der Waals surface area contributed by atoms with Crippen molar-refractivity contribution in [2.45, 2.75) is 13.1 Å². The van der Waals surface area contributed by atoms with Gasteiger partial charge in [-0.15, -0.1) is 0 Å². The van der Waals surface area contributed by atoms with Crippen molar-refractivity contribution in [3.63, 3.8) is 0 Å². The number of esters is 1. The molecule has 0 N–H and O–H groups in total. The number of benzene rings is 1. The van der Waals surface area contributed by atoms with Crippen molar-refractivity contribution in [1.82, 2.24) is 0 Å². The molecule has 0 radical (unpaired) electrons. The summed E-state index contributed by atoms with van der Waals surface area (Å²) >= 11 is 2.18. The molecule has 0 bridgehead atoms. The van der Waals surface area contributed by atoms with Crippen molar-refractivity contribution in [3.05, 3.63) is 78.3 Å². The van der Waals surface area contributed by atoms with Crippen molar-refractivity contribution in [3.8, 4) is 6.07 Å². The van der Waals surface area contributed by atoms with E-state index in [-0.39, 0.29) is 5.97 Å². The number of methoxy groups -OCH3 is 1. The molecule has 0 spiro atoms. The van der Waals surface area contributed by atoms with Crippen molar-refractivity contribution < 1.29 is 22.7 Å². The average Bonchev–Trinajstić information content (AvgIpc) is 2.62. The molecule has 0 unspecified atom stereocenters. The second kappa shape index (κ2) is 17.2. The summed E-state index contributed by atoms with van der Waals surface area (Å²) in [5.41, 5.74) is 1.61. The van der Waals surface area contributed by atoms with Crippen LogP contribution in [-0.2, 0) is 9.53 Å². The van der Waals surface area contributed by atoms with Gasteiger partial charge in [0.2, 0.25) is 0 Å². The van der Waals surface area contributed by atoms with Crippen molar-refractivity contribution in [2.75, 3.05) is 7.11 Å². The highest BCUT2D eigenvalue weighted by Gasteiger charge is 2.29. The van der Waals surface area contributed by atoms with E-state index in [9.17, 15) is 18.0 Å². The summed E-state index contributed by atoms with van der Waals surface area (Å²) in [6, 6.07) is 11.7. The van der Waals surface area contributed by atoms with E-state index >= 15 is 0 Å². The lowest BCUT2D eigenvalue weighted by Gasteiger charge is -1.99. The maximum atomic E-state index is 11.0.